The molecule has 3 nitrogen and oxygen atoms in total. The van der Waals surface area contributed by atoms with Gasteiger partial charge in [0.05, 0.1) is 0 Å². The fourth-order valence-electron chi connectivity index (χ4n) is 1.02. The van der Waals surface area contributed by atoms with Crippen LogP contribution in [0.25, 0.3) is 0 Å². The van der Waals surface area contributed by atoms with E-state index in [-0.39, 0.29) is 0 Å². The molecule has 0 aromatic heterocycles. The van der Waals surface area contributed by atoms with Gasteiger partial charge >= 0.3 is 0 Å². The summed E-state index contributed by atoms with van der Waals surface area (Å²) >= 11 is 2.97. The number of carbonyl (C=O) groups excluding carboxylic acids is 1. The molecule has 82 valence electrons. The quantitative estimate of drug-likeness (QED) is 0.632. The van der Waals surface area contributed by atoms with E-state index in [1.807, 2.05) is 0 Å². The van der Waals surface area contributed by atoms with Crippen LogP contribution in [-0.4, -0.2) is 24.1 Å². The monoisotopic (exact) mass is 290 g/mol. The van der Waals surface area contributed by atoms with Gasteiger partial charge in [-0.15, -0.1) is 0 Å². The third-order valence-electron chi connectivity index (χ3n) is 2.14. The molecular formula is C10H11BrO3S. The van der Waals surface area contributed by atoms with Gasteiger partial charge in [-0.2, -0.15) is 0 Å². The Balaban J connectivity index is 3.17. The number of halogens is 1. The zero-order valence-corrected chi connectivity index (χ0v) is 10.8. The van der Waals surface area contributed by atoms with E-state index in [9.17, 15) is 13.2 Å². The van der Waals surface area contributed by atoms with Gasteiger partial charge in [0.25, 0.3) is 0 Å². The molecule has 15 heavy (non-hydrogen) atoms. The Morgan fingerprint density at radius 3 is 2.13 bits per heavy atom. The van der Waals surface area contributed by atoms with Crippen molar-refractivity contribution in [2.24, 2.45) is 0 Å². The van der Waals surface area contributed by atoms with Crippen LogP contribution in [0.3, 0.4) is 0 Å². The van der Waals surface area contributed by atoms with E-state index in [0.717, 1.165) is 6.26 Å². The maximum atomic E-state index is 11.9. The van der Waals surface area contributed by atoms with E-state index < -0.39 is 19.3 Å². The molecule has 0 saturated heterocycles. The van der Waals surface area contributed by atoms with Gasteiger partial charge < -0.3 is 0 Å². The minimum absolute atomic E-state index is 0.377. The van der Waals surface area contributed by atoms with Gasteiger partial charge in [0, 0.05) is 11.8 Å². The van der Waals surface area contributed by atoms with Crippen molar-refractivity contribution < 1.29 is 13.2 Å². The van der Waals surface area contributed by atoms with Gasteiger partial charge in [0.1, 0.15) is 0 Å². The van der Waals surface area contributed by atoms with Crippen LogP contribution in [-0.2, 0) is 9.84 Å². The first-order chi connectivity index (χ1) is 6.77. The second kappa shape index (κ2) is 4.06. The van der Waals surface area contributed by atoms with Crippen LogP contribution >= 0.6 is 15.9 Å². The van der Waals surface area contributed by atoms with Crippen molar-refractivity contribution in [3.63, 3.8) is 0 Å². The summed E-state index contributed by atoms with van der Waals surface area (Å²) in [6.45, 7) is 1.34. The lowest BCUT2D eigenvalue weighted by molar-refractivity contribution is 0.0983. The highest BCUT2D eigenvalue weighted by Crippen LogP contribution is 2.28. The van der Waals surface area contributed by atoms with Crippen molar-refractivity contribution in [1.82, 2.24) is 0 Å². The maximum Gasteiger partial charge on any atom is 0.194 e. The largest absolute Gasteiger partial charge is 0.291 e. The first-order valence-electron chi connectivity index (χ1n) is 4.25. The van der Waals surface area contributed by atoms with E-state index in [4.69, 9.17) is 0 Å². The molecule has 0 aliphatic heterocycles. The van der Waals surface area contributed by atoms with Crippen molar-refractivity contribution >= 4 is 31.6 Å². The summed E-state index contributed by atoms with van der Waals surface area (Å²) in [6, 6.07) is 8.33. The van der Waals surface area contributed by atoms with Crippen molar-refractivity contribution in [2.45, 2.75) is 10.6 Å². The Hall–Kier alpha value is -0.680. The summed E-state index contributed by atoms with van der Waals surface area (Å²) in [5.41, 5.74) is 0.377. The zero-order valence-electron chi connectivity index (χ0n) is 8.40. The van der Waals surface area contributed by atoms with Gasteiger partial charge in [-0.25, -0.2) is 8.42 Å². The van der Waals surface area contributed by atoms with E-state index in [0.29, 0.717) is 5.56 Å². The molecule has 1 aromatic carbocycles. The molecule has 1 unspecified atom stereocenters. The second-order valence-electron chi connectivity index (χ2n) is 3.38. The van der Waals surface area contributed by atoms with Crippen molar-refractivity contribution in [3.8, 4) is 0 Å². The Morgan fingerprint density at radius 2 is 1.73 bits per heavy atom. The number of benzene rings is 1. The number of carbonyl (C=O) groups is 1. The normalized spacial score (nSPS) is 15.7. The summed E-state index contributed by atoms with van der Waals surface area (Å²) in [5, 5.41) is 0. The molecule has 1 atom stereocenters. The molecule has 0 radical (unpaired) electrons. The first kappa shape index (κ1) is 12.4. The Bertz CT molecular complexity index is 463. The zero-order chi connectivity index (χ0) is 11.7. The summed E-state index contributed by atoms with van der Waals surface area (Å²) in [7, 11) is -3.48. The summed E-state index contributed by atoms with van der Waals surface area (Å²) in [4.78, 5) is 11.9. The number of rotatable bonds is 3. The van der Waals surface area contributed by atoms with Crippen LogP contribution in [0.15, 0.2) is 30.3 Å². The Kier molecular flexibility index (Phi) is 3.35. The van der Waals surface area contributed by atoms with Crippen LogP contribution in [0.2, 0.25) is 0 Å². The topological polar surface area (TPSA) is 51.2 Å². The number of hydrogen-bond acceptors (Lipinski definition) is 3. The molecule has 0 amide bonds. The molecule has 0 aliphatic rings. The van der Waals surface area contributed by atoms with E-state index in [1.165, 1.54) is 6.92 Å². The molecule has 0 saturated carbocycles. The highest BCUT2D eigenvalue weighted by molar-refractivity contribution is 9.12. The summed E-state index contributed by atoms with van der Waals surface area (Å²) < 4.78 is 21.2. The van der Waals surface area contributed by atoms with Crippen molar-refractivity contribution in [3.05, 3.63) is 35.9 Å². The molecule has 1 rings (SSSR count). The summed E-state index contributed by atoms with van der Waals surface area (Å²) in [5.74, 6) is -0.453. The van der Waals surface area contributed by atoms with Gasteiger partial charge in [-0.1, -0.05) is 46.3 Å². The predicted molar refractivity (Wildman–Crippen MR) is 62.9 cm³/mol. The summed E-state index contributed by atoms with van der Waals surface area (Å²) in [6.07, 6.45) is 1.03. The molecule has 0 heterocycles. The van der Waals surface area contributed by atoms with E-state index in [2.05, 4.69) is 15.9 Å². The fraction of sp³-hybridized carbons (Fsp3) is 0.300. The van der Waals surface area contributed by atoms with Crippen LogP contribution in [0.4, 0.5) is 0 Å². The van der Waals surface area contributed by atoms with Crippen LogP contribution in [0, 0.1) is 0 Å². The molecular weight excluding hydrogens is 280 g/mol. The van der Waals surface area contributed by atoms with Gasteiger partial charge in [0.15, 0.2) is 19.3 Å². The third-order valence-corrected chi connectivity index (χ3v) is 5.84. The van der Waals surface area contributed by atoms with Crippen LogP contribution in [0.5, 0.6) is 0 Å². The lowest BCUT2D eigenvalue weighted by atomic mass is 10.1. The second-order valence-corrected chi connectivity index (χ2v) is 7.86. The van der Waals surface area contributed by atoms with Gasteiger partial charge in [-0.3, -0.25) is 4.79 Å². The standard InChI is InChI=1S/C10H11BrO3S/c1-10(11,15(2,13)14)9(12)8-6-4-3-5-7-8/h3-7H,1-2H3. The molecule has 0 spiro atoms. The highest BCUT2D eigenvalue weighted by Gasteiger charge is 2.40. The molecule has 0 N–H and O–H groups in total. The van der Waals surface area contributed by atoms with Crippen LogP contribution in [0.1, 0.15) is 17.3 Å². The molecule has 5 heteroatoms. The van der Waals surface area contributed by atoms with Gasteiger partial charge in [-0.05, 0) is 6.92 Å². The van der Waals surface area contributed by atoms with Crippen LogP contribution < -0.4 is 0 Å². The first-order valence-corrected chi connectivity index (χ1v) is 6.93. The molecule has 1 aromatic rings. The minimum Gasteiger partial charge on any atom is -0.291 e. The number of ketones is 1. The smallest absolute Gasteiger partial charge is 0.194 e. The Labute approximate surface area is 97.5 Å². The van der Waals surface area contributed by atoms with E-state index in [1.54, 1.807) is 30.3 Å². The average Bonchev–Trinajstić information content (AvgIpc) is 2.16. The van der Waals surface area contributed by atoms with Crippen molar-refractivity contribution in [2.75, 3.05) is 6.26 Å². The highest BCUT2D eigenvalue weighted by atomic mass is 79.9. The Morgan fingerprint density at radius 1 is 1.27 bits per heavy atom. The van der Waals surface area contributed by atoms with Crippen molar-refractivity contribution in [1.29, 1.82) is 0 Å². The third kappa shape index (κ3) is 2.46. The number of alkyl halides is 1. The fourth-order valence-corrected chi connectivity index (χ4v) is 1.70. The maximum absolute atomic E-state index is 11.9. The SMILES string of the molecule is CC(Br)(C(=O)c1ccccc1)S(C)(=O)=O. The molecule has 0 bridgehead atoms. The average molecular weight is 291 g/mol. The lowest BCUT2D eigenvalue weighted by Gasteiger charge is -2.18. The molecule has 0 fully saturated rings. The minimum atomic E-state index is -3.48. The number of Topliss-reactive ketones (excluding diaryl/α,β-unsaturated/α-hetero) is 1. The number of sulfone groups is 1. The predicted octanol–water partition coefficient (Wildman–Crippen LogP) is 2.02. The lowest BCUT2D eigenvalue weighted by Crippen LogP contribution is -2.36. The number of hydrogen-bond donors (Lipinski definition) is 0. The molecule has 0 aliphatic carbocycles. The van der Waals surface area contributed by atoms with E-state index >= 15 is 0 Å². The van der Waals surface area contributed by atoms with Gasteiger partial charge in [0.2, 0.25) is 0 Å².